The molecule has 7 nitrogen and oxygen atoms in total. The fourth-order valence-corrected chi connectivity index (χ4v) is 4.43. The Morgan fingerprint density at radius 1 is 1.42 bits per heavy atom. The zero-order chi connectivity index (χ0) is 17.2. The minimum absolute atomic E-state index is 0.0258. The van der Waals surface area contributed by atoms with Gasteiger partial charge in [0.25, 0.3) is 5.91 Å². The molecule has 1 unspecified atom stereocenters. The Morgan fingerprint density at radius 2 is 2.25 bits per heavy atom. The normalized spacial score (nSPS) is 19.1. The van der Waals surface area contributed by atoms with E-state index in [9.17, 15) is 13.2 Å². The van der Waals surface area contributed by atoms with Crippen molar-refractivity contribution >= 4 is 21.4 Å². The molecule has 1 amide bonds. The van der Waals surface area contributed by atoms with E-state index in [-0.39, 0.29) is 23.5 Å². The number of carbonyl (C=O) groups is 1. The molecule has 0 aromatic carbocycles. The second-order valence-corrected chi connectivity index (χ2v) is 8.07. The minimum atomic E-state index is -3.02. The number of amides is 1. The molecular formula is C16H19N3O4S. The first-order valence-electron chi connectivity index (χ1n) is 7.64. The lowest BCUT2D eigenvalue weighted by Gasteiger charge is -2.23. The number of sulfone groups is 1. The van der Waals surface area contributed by atoms with Crippen molar-refractivity contribution in [3.63, 3.8) is 0 Å². The van der Waals surface area contributed by atoms with Crippen LogP contribution in [-0.2, 0) is 16.4 Å². The number of furan rings is 1. The van der Waals surface area contributed by atoms with Gasteiger partial charge in [0, 0.05) is 13.1 Å². The van der Waals surface area contributed by atoms with E-state index >= 15 is 0 Å². The SMILES string of the molecule is CN(C(=O)c1ccc(NCc2ccco2)cn1)C1CCS(=O)(=O)C1. The molecule has 1 atom stereocenters. The van der Waals surface area contributed by atoms with Crippen molar-refractivity contribution in [1.29, 1.82) is 0 Å². The molecule has 2 aromatic heterocycles. The molecule has 1 aliphatic rings. The Morgan fingerprint density at radius 3 is 2.83 bits per heavy atom. The van der Waals surface area contributed by atoms with Crippen LogP contribution in [0.2, 0.25) is 0 Å². The van der Waals surface area contributed by atoms with Crippen LogP contribution in [0.25, 0.3) is 0 Å². The summed E-state index contributed by atoms with van der Waals surface area (Å²) < 4.78 is 28.3. The maximum absolute atomic E-state index is 12.4. The van der Waals surface area contributed by atoms with Crippen molar-refractivity contribution < 1.29 is 17.6 Å². The first-order valence-corrected chi connectivity index (χ1v) is 9.47. The Labute approximate surface area is 140 Å². The van der Waals surface area contributed by atoms with Crippen molar-refractivity contribution in [3.8, 4) is 0 Å². The first kappa shape index (κ1) is 16.5. The highest BCUT2D eigenvalue weighted by atomic mass is 32.2. The van der Waals surface area contributed by atoms with Crippen molar-refractivity contribution in [2.75, 3.05) is 23.9 Å². The van der Waals surface area contributed by atoms with E-state index in [4.69, 9.17) is 4.42 Å². The maximum atomic E-state index is 12.4. The van der Waals surface area contributed by atoms with Gasteiger partial charge in [0.05, 0.1) is 36.2 Å². The smallest absolute Gasteiger partial charge is 0.272 e. The Bertz CT molecular complexity index is 800. The predicted molar refractivity (Wildman–Crippen MR) is 89.4 cm³/mol. The molecule has 128 valence electrons. The van der Waals surface area contributed by atoms with Gasteiger partial charge < -0.3 is 14.6 Å². The summed E-state index contributed by atoms with van der Waals surface area (Å²) in [5, 5.41) is 3.15. The average molecular weight is 349 g/mol. The van der Waals surface area contributed by atoms with E-state index in [1.807, 2.05) is 12.1 Å². The monoisotopic (exact) mass is 349 g/mol. The lowest BCUT2D eigenvalue weighted by Crippen LogP contribution is -2.38. The van der Waals surface area contributed by atoms with Gasteiger partial charge in [0.15, 0.2) is 9.84 Å². The number of hydrogen-bond acceptors (Lipinski definition) is 6. The molecule has 24 heavy (non-hydrogen) atoms. The van der Waals surface area contributed by atoms with E-state index in [1.54, 1.807) is 31.6 Å². The van der Waals surface area contributed by atoms with Crippen LogP contribution in [0.4, 0.5) is 5.69 Å². The summed E-state index contributed by atoms with van der Waals surface area (Å²) >= 11 is 0. The Kier molecular flexibility index (Phi) is 4.57. The number of aromatic nitrogens is 1. The van der Waals surface area contributed by atoms with E-state index in [1.165, 1.54) is 4.90 Å². The van der Waals surface area contributed by atoms with Crippen LogP contribution < -0.4 is 5.32 Å². The van der Waals surface area contributed by atoms with E-state index in [2.05, 4.69) is 10.3 Å². The lowest BCUT2D eigenvalue weighted by molar-refractivity contribution is 0.0742. The van der Waals surface area contributed by atoms with Crippen LogP contribution in [0.3, 0.4) is 0 Å². The third-order valence-corrected chi connectivity index (χ3v) is 5.86. The molecule has 8 heteroatoms. The summed E-state index contributed by atoms with van der Waals surface area (Å²) in [6.45, 7) is 0.530. The number of hydrogen-bond donors (Lipinski definition) is 1. The first-order chi connectivity index (χ1) is 11.4. The van der Waals surface area contributed by atoms with Gasteiger partial charge in [-0.1, -0.05) is 0 Å². The number of anilines is 1. The average Bonchev–Trinajstić information content (AvgIpc) is 3.21. The van der Waals surface area contributed by atoms with Crippen LogP contribution in [0, 0.1) is 0 Å². The van der Waals surface area contributed by atoms with Gasteiger partial charge in [-0.3, -0.25) is 4.79 Å². The van der Waals surface area contributed by atoms with Gasteiger partial charge in [-0.15, -0.1) is 0 Å². The molecular weight excluding hydrogens is 330 g/mol. The molecule has 1 fully saturated rings. The second-order valence-electron chi connectivity index (χ2n) is 5.84. The quantitative estimate of drug-likeness (QED) is 0.880. The number of rotatable bonds is 5. The number of pyridine rings is 1. The summed E-state index contributed by atoms with van der Waals surface area (Å²) in [6, 6.07) is 6.80. The van der Waals surface area contributed by atoms with Gasteiger partial charge in [-0.05, 0) is 30.7 Å². The zero-order valence-corrected chi connectivity index (χ0v) is 14.1. The summed E-state index contributed by atoms with van der Waals surface area (Å²) in [6.07, 6.45) is 3.67. The second kappa shape index (κ2) is 6.64. The topological polar surface area (TPSA) is 92.5 Å². The minimum Gasteiger partial charge on any atom is -0.467 e. The molecule has 0 aliphatic carbocycles. The highest BCUT2D eigenvalue weighted by Gasteiger charge is 2.33. The van der Waals surface area contributed by atoms with Crippen LogP contribution in [0.5, 0.6) is 0 Å². The molecule has 0 spiro atoms. The molecule has 3 rings (SSSR count). The predicted octanol–water partition coefficient (Wildman–Crippen LogP) is 1.55. The molecule has 1 N–H and O–H groups in total. The standard InChI is InChI=1S/C16H19N3O4S/c1-19(13-6-8-24(21,22)11-13)16(20)15-5-4-12(9-18-15)17-10-14-3-2-7-23-14/h2-5,7,9,13,17H,6,8,10-11H2,1H3. The largest absolute Gasteiger partial charge is 0.467 e. The number of carbonyl (C=O) groups excluding carboxylic acids is 1. The van der Waals surface area contributed by atoms with Crippen molar-refractivity contribution in [2.45, 2.75) is 19.0 Å². The van der Waals surface area contributed by atoms with Crippen molar-refractivity contribution in [2.24, 2.45) is 0 Å². The van der Waals surface area contributed by atoms with E-state index in [0.717, 1.165) is 11.4 Å². The van der Waals surface area contributed by atoms with Gasteiger partial charge in [0.1, 0.15) is 11.5 Å². The molecule has 0 radical (unpaired) electrons. The Hall–Kier alpha value is -2.35. The summed E-state index contributed by atoms with van der Waals surface area (Å²) in [5.41, 5.74) is 1.07. The summed E-state index contributed by atoms with van der Waals surface area (Å²) in [4.78, 5) is 18.1. The molecule has 0 saturated carbocycles. The molecule has 3 heterocycles. The summed E-state index contributed by atoms with van der Waals surface area (Å²) in [5.74, 6) is 0.697. The lowest BCUT2D eigenvalue weighted by atomic mass is 10.2. The molecule has 1 saturated heterocycles. The maximum Gasteiger partial charge on any atom is 0.272 e. The summed E-state index contributed by atoms with van der Waals surface area (Å²) in [7, 11) is -1.40. The van der Waals surface area contributed by atoms with Gasteiger partial charge in [-0.2, -0.15) is 0 Å². The van der Waals surface area contributed by atoms with Crippen molar-refractivity contribution in [1.82, 2.24) is 9.88 Å². The number of nitrogens with zero attached hydrogens (tertiary/aromatic N) is 2. The van der Waals surface area contributed by atoms with E-state index in [0.29, 0.717) is 18.7 Å². The van der Waals surface area contributed by atoms with Gasteiger partial charge in [-0.25, -0.2) is 13.4 Å². The highest BCUT2D eigenvalue weighted by molar-refractivity contribution is 7.91. The number of nitrogens with one attached hydrogen (secondary N) is 1. The van der Waals surface area contributed by atoms with Gasteiger partial charge in [0.2, 0.25) is 0 Å². The molecule has 1 aliphatic heterocycles. The fourth-order valence-electron chi connectivity index (χ4n) is 2.65. The fraction of sp³-hybridized carbons (Fsp3) is 0.375. The van der Waals surface area contributed by atoms with Crippen LogP contribution in [-0.4, -0.2) is 48.8 Å². The third-order valence-electron chi connectivity index (χ3n) is 4.11. The zero-order valence-electron chi connectivity index (χ0n) is 13.3. The Balaban J connectivity index is 1.61. The van der Waals surface area contributed by atoms with Crippen molar-refractivity contribution in [3.05, 3.63) is 48.2 Å². The molecule has 2 aromatic rings. The molecule has 0 bridgehead atoms. The van der Waals surface area contributed by atoms with Crippen LogP contribution in [0.15, 0.2) is 41.1 Å². The third kappa shape index (κ3) is 3.76. The highest BCUT2D eigenvalue weighted by Crippen LogP contribution is 2.18. The van der Waals surface area contributed by atoms with Crippen LogP contribution >= 0.6 is 0 Å². The van der Waals surface area contributed by atoms with E-state index < -0.39 is 9.84 Å². The van der Waals surface area contributed by atoms with Gasteiger partial charge >= 0.3 is 0 Å². The van der Waals surface area contributed by atoms with Crippen LogP contribution in [0.1, 0.15) is 22.7 Å².